The molecule has 2 unspecified atom stereocenters. The molecule has 2 nitrogen and oxygen atoms in total. The Bertz CT molecular complexity index is 635. The highest BCUT2D eigenvalue weighted by Gasteiger charge is 2.19. The lowest BCUT2D eigenvalue weighted by Crippen LogP contribution is -2.26. The smallest absolute Gasteiger partial charge is 0.0468 e. The molecular formula is C19H23NO. The molecular weight excluding hydrogens is 258 g/mol. The van der Waals surface area contributed by atoms with E-state index in [4.69, 9.17) is 5.11 Å². The number of rotatable bonds is 5. The van der Waals surface area contributed by atoms with Gasteiger partial charge in [0.15, 0.2) is 0 Å². The van der Waals surface area contributed by atoms with Crippen molar-refractivity contribution in [1.29, 1.82) is 0 Å². The van der Waals surface area contributed by atoms with Gasteiger partial charge in [0.2, 0.25) is 0 Å². The van der Waals surface area contributed by atoms with Gasteiger partial charge < -0.3 is 10.4 Å². The maximum absolute atomic E-state index is 9.11. The Labute approximate surface area is 126 Å². The van der Waals surface area contributed by atoms with Crippen LogP contribution in [0.15, 0.2) is 42.5 Å². The second kappa shape index (κ2) is 6.00. The van der Waals surface area contributed by atoms with Gasteiger partial charge in [0.25, 0.3) is 0 Å². The van der Waals surface area contributed by atoms with Crippen LogP contribution in [0.25, 0.3) is 11.1 Å². The Morgan fingerprint density at radius 2 is 1.81 bits per heavy atom. The van der Waals surface area contributed by atoms with Crippen LogP contribution in [-0.4, -0.2) is 18.3 Å². The number of hydrogen-bond donors (Lipinski definition) is 2. The third-order valence-electron chi connectivity index (χ3n) is 4.40. The number of benzene rings is 2. The number of aliphatic hydroxyl groups excluding tert-OH is 1. The summed E-state index contributed by atoms with van der Waals surface area (Å²) in [5.74, 6) is 0.297. The normalized spacial score (nSPS) is 15.4. The van der Waals surface area contributed by atoms with Crippen molar-refractivity contribution in [2.24, 2.45) is 5.92 Å². The minimum atomic E-state index is 0.235. The largest absolute Gasteiger partial charge is 0.396 e. The van der Waals surface area contributed by atoms with Crippen LogP contribution in [0, 0.1) is 5.92 Å². The van der Waals surface area contributed by atoms with Gasteiger partial charge in [0.1, 0.15) is 0 Å². The minimum absolute atomic E-state index is 0.235. The molecule has 2 atom stereocenters. The molecule has 0 aliphatic heterocycles. The van der Waals surface area contributed by atoms with Crippen LogP contribution in [-0.2, 0) is 6.42 Å². The first kappa shape index (κ1) is 14.3. The molecule has 0 radical (unpaired) electrons. The second-order valence-corrected chi connectivity index (χ2v) is 6.17. The van der Waals surface area contributed by atoms with Crippen molar-refractivity contribution in [3.8, 4) is 11.1 Å². The van der Waals surface area contributed by atoms with Crippen LogP contribution in [0.4, 0.5) is 0 Å². The summed E-state index contributed by atoms with van der Waals surface area (Å²) in [6, 6.07) is 15.8. The molecule has 0 saturated heterocycles. The van der Waals surface area contributed by atoms with Gasteiger partial charge in [-0.15, -0.1) is 0 Å². The van der Waals surface area contributed by atoms with Crippen molar-refractivity contribution < 1.29 is 5.11 Å². The Balaban J connectivity index is 1.77. The Morgan fingerprint density at radius 1 is 1.05 bits per heavy atom. The van der Waals surface area contributed by atoms with Crippen molar-refractivity contribution in [2.45, 2.75) is 26.3 Å². The molecule has 110 valence electrons. The molecule has 21 heavy (non-hydrogen) atoms. The third-order valence-corrected chi connectivity index (χ3v) is 4.40. The first-order valence-corrected chi connectivity index (χ1v) is 7.74. The Hall–Kier alpha value is -1.64. The summed E-state index contributed by atoms with van der Waals surface area (Å²) in [6.07, 6.45) is 1.04. The summed E-state index contributed by atoms with van der Waals surface area (Å²) < 4.78 is 0. The molecule has 1 aliphatic rings. The van der Waals surface area contributed by atoms with Crippen LogP contribution < -0.4 is 5.32 Å². The van der Waals surface area contributed by atoms with E-state index in [1.54, 1.807) is 0 Å². The molecule has 3 rings (SSSR count). The lowest BCUT2D eigenvalue weighted by molar-refractivity contribution is 0.231. The van der Waals surface area contributed by atoms with Gasteiger partial charge in [0.05, 0.1) is 0 Å². The SMILES string of the molecule is CC(CO)CNC(C)c1ccc2c(c1)Cc1ccccc1-2. The maximum atomic E-state index is 9.11. The molecule has 0 heterocycles. The molecule has 1 aliphatic carbocycles. The van der Waals surface area contributed by atoms with Crippen LogP contribution >= 0.6 is 0 Å². The Morgan fingerprint density at radius 3 is 2.62 bits per heavy atom. The number of hydrogen-bond acceptors (Lipinski definition) is 2. The summed E-state index contributed by atoms with van der Waals surface area (Å²) >= 11 is 0. The zero-order valence-corrected chi connectivity index (χ0v) is 12.8. The lowest BCUT2D eigenvalue weighted by atomic mass is 10.00. The van der Waals surface area contributed by atoms with Crippen molar-refractivity contribution >= 4 is 0 Å². The quantitative estimate of drug-likeness (QED) is 0.750. The summed E-state index contributed by atoms with van der Waals surface area (Å²) in [7, 11) is 0. The molecule has 0 spiro atoms. The predicted molar refractivity (Wildman–Crippen MR) is 87.4 cm³/mol. The van der Waals surface area contributed by atoms with Crippen molar-refractivity contribution in [3.05, 3.63) is 59.2 Å². The fraction of sp³-hybridized carbons (Fsp3) is 0.368. The average molecular weight is 281 g/mol. The Kier molecular flexibility index (Phi) is 4.09. The highest BCUT2D eigenvalue weighted by atomic mass is 16.3. The zero-order chi connectivity index (χ0) is 14.8. The van der Waals surface area contributed by atoms with E-state index in [-0.39, 0.29) is 6.61 Å². The fourth-order valence-electron chi connectivity index (χ4n) is 2.99. The molecule has 2 aromatic carbocycles. The summed E-state index contributed by atoms with van der Waals surface area (Å²) in [4.78, 5) is 0. The number of fused-ring (bicyclic) bond motifs is 3. The summed E-state index contributed by atoms with van der Waals surface area (Å²) in [5, 5.41) is 12.6. The monoisotopic (exact) mass is 281 g/mol. The molecule has 0 bridgehead atoms. The van der Waals surface area contributed by atoms with Gasteiger partial charge in [-0.2, -0.15) is 0 Å². The first-order chi connectivity index (χ1) is 10.2. The topological polar surface area (TPSA) is 32.3 Å². The van der Waals surface area contributed by atoms with Crippen LogP contribution in [0.5, 0.6) is 0 Å². The van der Waals surface area contributed by atoms with Crippen molar-refractivity contribution in [3.63, 3.8) is 0 Å². The van der Waals surface area contributed by atoms with Gasteiger partial charge in [0, 0.05) is 19.2 Å². The first-order valence-electron chi connectivity index (χ1n) is 7.74. The van der Waals surface area contributed by atoms with Gasteiger partial charge in [-0.1, -0.05) is 49.4 Å². The highest BCUT2D eigenvalue weighted by molar-refractivity contribution is 5.76. The second-order valence-electron chi connectivity index (χ2n) is 6.17. The van der Waals surface area contributed by atoms with E-state index >= 15 is 0 Å². The van der Waals surface area contributed by atoms with Gasteiger partial charge in [-0.3, -0.25) is 0 Å². The highest BCUT2D eigenvalue weighted by Crippen LogP contribution is 2.37. The average Bonchev–Trinajstić information content (AvgIpc) is 2.89. The van der Waals surface area contributed by atoms with E-state index in [9.17, 15) is 0 Å². The maximum Gasteiger partial charge on any atom is 0.0468 e. The van der Waals surface area contributed by atoms with E-state index in [0.29, 0.717) is 12.0 Å². The van der Waals surface area contributed by atoms with Gasteiger partial charge >= 0.3 is 0 Å². The molecule has 2 heteroatoms. The molecule has 0 saturated carbocycles. The molecule has 0 amide bonds. The minimum Gasteiger partial charge on any atom is -0.396 e. The zero-order valence-electron chi connectivity index (χ0n) is 12.8. The molecule has 0 fully saturated rings. The van der Waals surface area contributed by atoms with Crippen LogP contribution in [0.3, 0.4) is 0 Å². The third kappa shape index (κ3) is 2.87. The molecule has 0 aromatic heterocycles. The summed E-state index contributed by atoms with van der Waals surface area (Å²) in [5.41, 5.74) is 6.95. The van der Waals surface area contributed by atoms with Crippen LogP contribution in [0.1, 0.15) is 36.6 Å². The number of nitrogens with one attached hydrogen (secondary N) is 1. The van der Waals surface area contributed by atoms with E-state index in [2.05, 4.69) is 61.6 Å². The fourth-order valence-corrected chi connectivity index (χ4v) is 2.99. The predicted octanol–water partition coefficient (Wildman–Crippen LogP) is 3.54. The van der Waals surface area contributed by atoms with Crippen LogP contribution in [0.2, 0.25) is 0 Å². The van der Waals surface area contributed by atoms with E-state index in [1.807, 2.05) is 0 Å². The van der Waals surface area contributed by atoms with E-state index in [0.717, 1.165) is 13.0 Å². The molecule has 2 N–H and O–H groups in total. The van der Waals surface area contributed by atoms with Crippen molar-refractivity contribution in [1.82, 2.24) is 5.32 Å². The van der Waals surface area contributed by atoms with E-state index < -0.39 is 0 Å². The van der Waals surface area contributed by atoms with Crippen molar-refractivity contribution in [2.75, 3.05) is 13.2 Å². The van der Waals surface area contributed by atoms with E-state index in [1.165, 1.54) is 27.8 Å². The summed E-state index contributed by atoms with van der Waals surface area (Å²) in [6.45, 7) is 5.32. The molecule has 2 aromatic rings. The standard InChI is InChI=1S/C19H23NO/c1-13(12-21)11-20-14(2)15-7-8-19-17(9-15)10-16-5-3-4-6-18(16)19/h3-9,13-14,20-21H,10-12H2,1-2H3. The lowest BCUT2D eigenvalue weighted by Gasteiger charge is -2.17. The number of aliphatic hydroxyl groups is 1. The van der Waals surface area contributed by atoms with Gasteiger partial charge in [-0.05, 0) is 47.1 Å². The van der Waals surface area contributed by atoms with Gasteiger partial charge in [-0.25, -0.2) is 0 Å².